The number of nitrogens with zero attached hydrogens (tertiary/aromatic N) is 1. The van der Waals surface area contributed by atoms with Crippen molar-refractivity contribution in [2.24, 2.45) is 0 Å². The van der Waals surface area contributed by atoms with E-state index in [1.807, 2.05) is 37.3 Å². The van der Waals surface area contributed by atoms with E-state index in [4.69, 9.17) is 4.74 Å². The summed E-state index contributed by atoms with van der Waals surface area (Å²) in [4.78, 5) is 24.4. The van der Waals surface area contributed by atoms with E-state index in [9.17, 15) is 14.7 Å². The smallest absolute Gasteiger partial charge is 0.307 e. The fourth-order valence-corrected chi connectivity index (χ4v) is 4.10. The maximum absolute atomic E-state index is 13.2. The van der Waals surface area contributed by atoms with Crippen molar-refractivity contribution in [3.05, 3.63) is 101 Å². The minimum atomic E-state index is -0.894. The van der Waals surface area contributed by atoms with Crippen LogP contribution in [0.15, 0.2) is 78.9 Å². The Hall–Kier alpha value is -3.86. The summed E-state index contributed by atoms with van der Waals surface area (Å²) in [6, 6.07) is 24.9. The molecule has 0 fully saturated rings. The predicted octanol–water partition coefficient (Wildman–Crippen LogP) is 5.67. The van der Waals surface area contributed by atoms with E-state index in [1.54, 1.807) is 28.8 Å². The lowest BCUT2D eigenvalue weighted by atomic mass is 10.1. The molecule has 0 aliphatic rings. The number of carbonyl (C=O) groups excluding carboxylic acids is 1. The van der Waals surface area contributed by atoms with E-state index in [-0.39, 0.29) is 12.3 Å². The summed E-state index contributed by atoms with van der Waals surface area (Å²) >= 11 is 0. The van der Waals surface area contributed by atoms with Crippen LogP contribution in [0, 0.1) is 6.92 Å². The van der Waals surface area contributed by atoms with Crippen LogP contribution < -0.4 is 4.74 Å². The zero-order valence-electron chi connectivity index (χ0n) is 18.7. The van der Waals surface area contributed by atoms with Gasteiger partial charge in [-0.2, -0.15) is 0 Å². The molecule has 5 nitrogen and oxygen atoms in total. The first kappa shape index (κ1) is 22.3. The molecule has 1 aromatic heterocycles. The van der Waals surface area contributed by atoms with E-state index < -0.39 is 5.97 Å². The number of hydrogen-bond donors (Lipinski definition) is 1. The van der Waals surface area contributed by atoms with Crippen LogP contribution in [0.1, 0.15) is 40.0 Å². The molecule has 0 spiro atoms. The van der Waals surface area contributed by atoms with E-state index >= 15 is 0 Å². The Morgan fingerprint density at radius 1 is 0.909 bits per heavy atom. The van der Waals surface area contributed by atoms with Crippen LogP contribution in [-0.2, 0) is 17.6 Å². The number of fused-ring (bicyclic) bond motifs is 1. The Kier molecular flexibility index (Phi) is 6.89. The van der Waals surface area contributed by atoms with Gasteiger partial charge >= 0.3 is 5.97 Å². The Balaban J connectivity index is 1.39. The van der Waals surface area contributed by atoms with E-state index in [1.165, 1.54) is 5.56 Å². The van der Waals surface area contributed by atoms with E-state index in [0.717, 1.165) is 41.6 Å². The fraction of sp³-hybridized carbons (Fsp3) is 0.214. The number of aliphatic carboxylic acids is 1. The number of rotatable bonds is 9. The number of benzene rings is 3. The summed E-state index contributed by atoms with van der Waals surface area (Å²) < 4.78 is 7.48. The molecule has 168 valence electrons. The van der Waals surface area contributed by atoms with Gasteiger partial charge in [0.1, 0.15) is 5.75 Å². The number of carbonyl (C=O) groups is 2. The van der Waals surface area contributed by atoms with Crippen molar-refractivity contribution in [1.29, 1.82) is 0 Å². The molecule has 1 N–H and O–H groups in total. The van der Waals surface area contributed by atoms with Crippen LogP contribution in [-0.4, -0.2) is 28.2 Å². The zero-order chi connectivity index (χ0) is 23.2. The van der Waals surface area contributed by atoms with Crippen LogP contribution in [0.3, 0.4) is 0 Å². The highest BCUT2D eigenvalue weighted by molar-refractivity contribution is 6.04. The summed E-state index contributed by atoms with van der Waals surface area (Å²) in [6.45, 7) is 2.49. The highest BCUT2D eigenvalue weighted by Gasteiger charge is 2.17. The Bertz CT molecular complexity index is 1260. The molecule has 1 heterocycles. The maximum Gasteiger partial charge on any atom is 0.307 e. The summed E-state index contributed by atoms with van der Waals surface area (Å²) in [5, 5.41) is 9.97. The average molecular weight is 442 g/mol. The largest absolute Gasteiger partial charge is 0.494 e. The molecular weight excluding hydrogens is 414 g/mol. The van der Waals surface area contributed by atoms with Crippen LogP contribution in [0.25, 0.3) is 10.9 Å². The van der Waals surface area contributed by atoms with Gasteiger partial charge in [-0.3, -0.25) is 14.2 Å². The minimum Gasteiger partial charge on any atom is -0.494 e. The first-order valence-corrected chi connectivity index (χ1v) is 11.2. The maximum atomic E-state index is 13.2. The molecule has 0 saturated carbocycles. The SMILES string of the molecule is Cc1cc2c(CC(=O)O)cccc2n1C(=O)c1ccc(OCCCCc2ccccc2)cc1. The number of ether oxygens (including phenoxy) is 1. The van der Waals surface area contributed by atoms with Gasteiger partial charge < -0.3 is 9.84 Å². The molecule has 33 heavy (non-hydrogen) atoms. The molecule has 0 unspecified atom stereocenters. The van der Waals surface area contributed by atoms with Crippen molar-refractivity contribution in [3.8, 4) is 5.75 Å². The topological polar surface area (TPSA) is 68.5 Å². The molecule has 0 radical (unpaired) electrons. The summed E-state index contributed by atoms with van der Waals surface area (Å²) in [5.74, 6) is -0.302. The number of carboxylic acids is 1. The molecule has 0 bridgehead atoms. The molecule has 0 aliphatic heterocycles. The number of unbranched alkanes of at least 4 members (excludes halogenated alkanes) is 1. The molecule has 3 aromatic carbocycles. The monoisotopic (exact) mass is 441 g/mol. The lowest BCUT2D eigenvalue weighted by molar-refractivity contribution is -0.136. The first-order valence-electron chi connectivity index (χ1n) is 11.2. The first-order chi connectivity index (χ1) is 16.0. The van der Waals surface area contributed by atoms with Crippen molar-refractivity contribution in [2.45, 2.75) is 32.6 Å². The molecule has 4 rings (SSSR count). The highest BCUT2D eigenvalue weighted by atomic mass is 16.5. The van der Waals surface area contributed by atoms with Gasteiger partial charge in [-0.15, -0.1) is 0 Å². The van der Waals surface area contributed by atoms with Gasteiger partial charge in [0.15, 0.2) is 0 Å². The van der Waals surface area contributed by atoms with Crippen LogP contribution in [0.4, 0.5) is 0 Å². The normalized spacial score (nSPS) is 10.9. The highest BCUT2D eigenvalue weighted by Crippen LogP contribution is 2.25. The number of aryl methyl sites for hydroxylation is 2. The van der Waals surface area contributed by atoms with Crippen LogP contribution >= 0.6 is 0 Å². The Morgan fingerprint density at radius 3 is 2.39 bits per heavy atom. The van der Waals surface area contributed by atoms with Gasteiger partial charge in [0.25, 0.3) is 5.91 Å². The number of hydrogen-bond acceptors (Lipinski definition) is 3. The lowest BCUT2D eigenvalue weighted by Gasteiger charge is -2.10. The second-order valence-corrected chi connectivity index (χ2v) is 8.16. The zero-order valence-corrected chi connectivity index (χ0v) is 18.7. The minimum absolute atomic E-state index is 0.0770. The van der Waals surface area contributed by atoms with Gasteiger partial charge in [-0.1, -0.05) is 42.5 Å². The third-order valence-corrected chi connectivity index (χ3v) is 5.74. The third kappa shape index (κ3) is 5.32. The van der Waals surface area contributed by atoms with Gasteiger partial charge in [-0.05, 0) is 73.7 Å². The van der Waals surface area contributed by atoms with Crippen molar-refractivity contribution in [3.63, 3.8) is 0 Å². The van der Waals surface area contributed by atoms with Crippen LogP contribution in [0.5, 0.6) is 5.75 Å². The van der Waals surface area contributed by atoms with Gasteiger partial charge in [0.2, 0.25) is 0 Å². The Labute approximate surface area is 193 Å². The summed E-state index contributed by atoms with van der Waals surface area (Å²) in [7, 11) is 0. The standard InChI is InChI=1S/C28H27NO4/c1-20-18-25-23(19-27(30)31)11-7-12-26(25)29(20)28(32)22-13-15-24(16-14-22)33-17-6-5-10-21-8-3-2-4-9-21/h2-4,7-9,11-16,18H,5-6,10,17,19H2,1H3,(H,30,31). The van der Waals surface area contributed by atoms with Gasteiger partial charge in [0.05, 0.1) is 18.5 Å². The fourth-order valence-electron chi connectivity index (χ4n) is 4.10. The van der Waals surface area contributed by atoms with Crippen molar-refractivity contribution in [2.75, 3.05) is 6.61 Å². The molecule has 0 aliphatic carbocycles. The second-order valence-electron chi connectivity index (χ2n) is 8.16. The molecule has 0 saturated heterocycles. The van der Waals surface area contributed by atoms with E-state index in [0.29, 0.717) is 17.7 Å². The number of aromatic nitrogens is 1. The molecule has 5 heteroatoms. The van der Waals surface area contributed by atoms with Crippen molar-refractivity contribution >= 4 is 22.8 Å². The lowest BCUT2D eigenvalue weighted by Crippen LogP contribution is -2.13. The number of carboxylic acid groups (broad SMARTS) is 1. The average Bonchev–Trinajstić information content (AvgIpc) is 3.16. The third-order valence-electron chi connectivity index (χ3n) is 5.74. The molecule has 4 aromatic rings. The second kappa shape index (κ2) is 10.2. The quantitative estimate of drug-likeness (QED) is 0.340. The summed E-state index contributed by atoms with van der Waals surface area (Å²) in [5.41, 5.74) is 4.08. The van der Waals surface area contributed by atoms with E-state index in [2.05, 4.69) is 24.3 Å². The Morgan fingerprint density at radius 2 is 1.67 bits per heavy atom. The predicted molar refractivity (Wildman–Crippen MR) is 129 cm³/mol. The summed E-state index contributed by atoms with van der Waals surface area (Å²) in [6.07, 6.45) is 2.98. The molecule has 0 amide bonds. The van der Waals surface area contributed by atoms with Crippen molar-refractivity contribution < 1.29 is 19.4 Å². The van der Waals surface area contributed by atoms with Crippen molar-refractivity contribution in [1.82, 2.24) is 4.57 Å². The molecule has 0 atom stereocenters. The van der Waals surface area contributed by atoms with Gasteiger partial charge in [0, 0.05) is 16.6 Å². The molecular formula is C28H27NO4. The van der Waals surface area contributed by atoms with Gasteiger partial charge in [-0.25, -0.2) is 0 Å². The van der Waals surface area contributed by atoms with Crippen LogP contribution in [0.2, 0.25) is 0 Å².